The molecule has 21 atom stereocenters. The van der Waals surface area contributed by atoms with Gasteiger partial charge in [-0.1, -0.05) is 119 Å². The largest absolute Gasteiger partial charge is 0.467 e. The Labute approximate surface area is 435 Å². The fourth-order valence-corrected chi connectivity index (χ4v) is 9.03. The van der Waals surface area contributed by atoms with Crippen molar-refractivity contribution in [3.8, 4) is 0 Å². The fraction of sp³-hybridized carbons (Fsp3) is 0.685. The van der Waals surface area contributed by atoms with Gasteiger partial charge in [0.1, 0.15) is 18.2 Å². The second kappa shape index (κ2) is 31.9. The van der Waals surface area contributed by atoms with Crippen LogP contribution in [-0.4, -0.2) is 180 Å². The van der Waals surface area contributed by atoms with Gasteiger partial charge in [-0.15, -0.1) is 0 Å². The summed E-state index contributed by atoms with van der Waals surface area (Å²) in [6, 6.07) is -2.30. The van der Waals surface area contributed by atoms with E-state index in [9.17, 15) is 65.4 Å². The van der Waals surface area contributed by atoms with Gasteiger partial charge in [-0.3, -0.25) is 9.59 Å². The van der Waals surface area contributed by atoms with Crippen molar-refractivity contribution in [2.45, 2.75) is 203 Å². The zero-order valence-corrected chi connectivity index (χ0v) is 43.8. The number of carbonyl (C=O) groups excluding carboxylic acids is 3. The van der Waals surface area contributed by atoms with Gasteiger partial charge >= 0.3 is 11.9 Å². The summed E-state index contributed by atoms with van der Waals surface area (Å²) in [5.41, 5.74) is 6.12. The molecule has 3 aliphatic rings. The summed E-state index contributed by atoms with van der Waals surface area (Å²) in [4.78, 5) is 39.8. The van der Waals surface area contributed by atoms with E-state index in [0.29, 0.717) is 6.42 Å². The van der Waals surface area contributed by atoms with Crippen molar-refractivity contribution in [2.75, 3.05) is 7.11 Å². The molecular formula is C54H86N2O18. The van der Waals surface area contributed by atoms with Crippen LogP contribution in [0.4, 0.5) is 0 Å². The number of hydrogen-bond acceptors (Lipinski definition) is 19. The standard InChI is InChI=1S/C54H86N2O18/c1-8-31(2)47(52(68)70-7)56-51(67)45-42(62)30-54(69)29-38(59)26-41(61)40(60)24-23-36(57)25-37(58)27-44(63)71-34(5)33(4)48(64)32(3)21-19-17-15-13-11-9-10-12-14-16-18-20-22-39(28-43(45)74-54)73-53-50(66)46(55)49(65)35(6)72-53/h9-22,31-43,45-50,53,57-62,64-66,69H,8,23-30,55H2,1-7H3,(H,56,67)/b10-9+,13-11+,14-12+,17-15+,18-16+,21-19+,22-20+/t31-,32-,33-,34-,35+,36+,37+,38-,39-,40+,41+,42-,43-,45+,46-,47?,48+,49+,50-,53-,54+/m0/s1. The molecule has 0 aliphatic carbocycles. The summed E-state index contributed by atoms with van der Waals surface area (Å²) >= 11 is 0. The maximum Gasteiger partial charge on any atom is 0.328 e. The highest BCUT2D eigenvalue weighted by atomic mass is 16.7. The second-order valence-corrected chi connectivity index (χ2v) is 20.1. The predicted octanol–water partition coefficient (Wildman–Crippen LogP) is 1.33. The fourth-order valence-electron chi connectivity index (χ4n) is 9.03. The average Bonchev–Trinajstić information content (AvgIpc) is 3.33. The van der Waals surface area contributed by atoms with Crippen molar-refractivity contribution in [3.05, 3.63) is 85.1 Å². The molecule has 20 nitrogen and oxygen atoms in total. The number of aliphatic hydroxyl groups is 10. The third kappa shape index (κ3) is 20.9. The van der Waals surface area contributed by atoms with Gasteiger partial charge in [0.25, 0.3) is 0 Å². The molecule has 0 aromatic carbocycles. The highest BCUT2D eigenvalue weighted by Gasteiger charge is 2.51. The third-order valence-corrected chi connectivity index (χ3v) is 14.0. The van der Waals surface area contributed by atoms with Crippen molar-refractivity contribution >= 4 is 17.8 Å². The number of nitrogens with one attached hydrogen (secondary N) is 1. The molecule has 3 rings (SSSR count). The minimum absolute atomic E-state index is 0.120. The van der Waals surface area contributed by atoms with Gasteiger partial charge in [0.2, 0.25) is 5.91 Å². The summed E-state index contributed by atoms with van der Waals surface area (Å²) in [5, 5.41) is 113. The molecule has 2 fully saturated rings. The van der Waals surface area contributed by atoms with Crippen LogP contribution in [0.25, 0.3) is 0 Å². The molecule has 1 amide bonds. The van der Waals surface area contributed by atoms with Crippen LogP contribution in [0.15, 0.2) is 85.1 Å². The number of hydrogen-bond donors (Lipinski definition) is 12. The maximum absolute atomic E-state index is 14.2. The molecule has 13 N–H and O–H groups in total. The lowest BCUT2D eigenvalue weighted by atomic mass is 9.81. The van der Waals surface area contributed by atoms with Crippen molar-refractivity contribution in [3.63, 3.8) is 0 Å². The number of ether oxygens (including phenoxy) is 5. The lowest BCUT2D eigenvalue weighted by Gasteiger charge is -2.46. The van der Waals surface area contributed by atoms with Gasteiger partial charge in [-0.05, 0) is 39.0 Å². The Kier molecular flexibility index (Phi) is 27.8. The second-order valence-electron chi connectivity index (χ2n) is 20.1. The molecule has 20 heteroatoms. The SMILES string of the molecule is CC[C@H](C)C(NC(=O)[C@H]1[C@@H]2C[C@@H](O[C@@H]3O[C@H](C)[C@@H](O)[C@H](N)[C@@H]3O)/C=C/C=C/C=C/C=C/C=C/C=C/C=C/[C@H](C)[C@@H](O)[C@@H](C)[C@H](C)OC(=O)C[C@H](O)C[C@H](O)CC[C@@H](O)[C@H](O)C[C@H](O)C[C@](O)(C[C@@H]1O)O2)C(=O)OC. The smallest absolute Gasteiger partial charge is 0.328 e. The van der Waals surface area contributed by atoms with Crippen LogP contribution >= 0.6 is 0 Å². The summed E-state index contributed by atoms with van der Waals surface area (Å²) in [6.07, 6.45) is 3.74. The minimum atomic E-state index is -2.36. The van der Waals surface area contributed by atoms with Gasteiger partial charge < -0.3 is 85.8 Å². The van der Waals surface area contributed by atoms with Crippen molar-refractivity contribution in [1.82, 2.24) is 5.32 Å². The zero-order chi connectivity index (χ0) is 55.3. The van der Waals surface area contributed by atoms with Gasteiger partial charge in [-0.25, -0.2) is 4.79 Å². The highest BCUT2D eigenvalue weighted by Crippen LogP contribution is 2.38. The van der Waals surface area contributed by atoms with Crippen LogP contribution in [0.1, 0.15) is 99.3 Å². The lowest BCUT2D eigenvalue weighted by molar-refractivity contribution is -0.307. The average molecular weight is 1050 g/mol. The van der Waals surface area contributed by atoms with Crippen LogP contribution in [0.2, 0.25) is 0 Å². The molecular weight excluding hydrogens is 965 g/mol. The maximum atomic E-state index is 14.2. The van der Waals surface area contributed by atoms with E-state index >= 15 is 0 Å². The van der Waals surface area contributed by atoms with E-state index in [4.69, 9.17) is 29.4 Å². The van der Waals surface area contributed by atoms with Gasteiger partial charge in [0, 0.05) is 37.5 Å². The highest BCUT2D eigenvalue weighted by molar-refractivity contribution is 5.86. The van der Waals surface area contributed by atoms with E-state index in [2.05, 4.69) is 5.32 Å². The molecule has 0 aromatic heterocycles. The van der Waals surface area contributed by atoms with Crippen molar-refractivity contribution < 1.29 is 89.1 Å². The Morgan fingerprint density at radius 2 is 1.31 bits per heavy atom. The Bertz CT molecular complexity index is 1930. The summed E-state index contributed by atoms with van der Waals surface area (Å²) < 4.78 is 28.7. The predicted molar refractivity (Wildman–Crippen MR) is 273 cm³/mol. The quantitative estimate of drug-likeness (QED) is 0.160. The van der Waals surface area contributed by atoms with Crippen molar-refractivity contribution in [2.24, 2.45) is 29.4 Å². The summed E-state index contributed by atoms with van der Waals surface area (Å²) in [6.45, 7) is 10.3. The molecule has 0 saturated carbocycles. The van der Waals surface area contributed by atoms with Gasteiger partial charge in [0.05, 0.1) is 92.6 Å². The molecule has 420 valence electrons. The Hall–Kier alpha value is -3.97. The molecule has 1 unspecified atom stereocenters. The first-order valence-corrected chi connectivity index (χ1v) is 25.8. The molecule has 3 heterocycles. The number of aliphatic hydroxyl groups excluding tert-OH is 9. The number of amides is 1. The molecule has 3 aliphatic heterocycles. The Morgan fingerprint density at radius 3 is 1.89 bits per heavy atom. The van der Waals surface area contributed by atoms with E-state index in [0.717, 1.165) is 0 Å². The topological polar surface area (TPSA) is 338 Å². The van der Waals surface area contributed by atoms with Gasteiger partial charge in [-0.2, -0.15) is 0 Å². The number of methoxy groups -OCH3 is 1. The lowest BCUT2D eigenvalue weighted by Crippen LogP contribution is -2.62. The van der Waals surface area contributed by atoms with E-state index in [1.54, 1.807) is 87.6 Å². The summed E-state index contributed by atoms with van der Waals surface area (Å²) in [7, 11) is 1.17. The number of cyclic esters (lactones) is 1. The zero-order valence-electron chi connectivity index (χ0n) is 43.8. The molecule has 0 aromatic rings. The minimum Gasteiger partial charge on any atom is -0.467 e. The molecule has 2 bridgehead atoms. The Balaban J connectivity index is 2.00. The van der Waals surface area contributed by atoms with E-state index in [-0.39, 0.29) is 31.6 Å². The molecule has 2 saturated heterocycles. The number of carbonyl (C=O) groups is 3. The number of rotatable bonds is 7. The monoisotopic (exact) mass is 1050 g/mol. The molecule has 74 heavy (non-hydrogen) atoms. The first-order valence-electron chi connectivity index (χ1n) is 25.8. The van der Waals surface area contributed by atoms with E-state index in [1.165, 1.54) is 14.0 Å². The van der Waals surface area contributed by atoms with Crippen LogP contribution in [0.3, 0.4) is 0 Å². The van der Waals surface area contributed by atoms with Gasteiger partial charge in [0.15, 0.2) is 12.1 Å². The van der Waals surface area contributed by atoms with Crippen LogP contribution in [-0.2, 0) is 38.1 Å². The molecule has 0 spiro atoms. The Morgan fingerprint density at radius 1 is 0.730 bits per heavy atom. The van der Waals surface area contributed by atoms with E-state index < -0.39 is 165 Å². The number of esters is 2. The number of allylic oxidation sites excluding steroid dienone is 12. The third-order valence-electron chi connectivity index (χ3n) is 14.0. The normalized spacial score (nSPS) is 42.2. The van der Waals surface area contributed by atoms with Crippen LogP contribution in [0, 0.1) is 23.7 Å². The number of fused-ring (bicyclic) bond motifs is 2. The first kappa shape index (κ1) is 64.3. The summed E-state index contributed by atoms with van der Waals surface area (Å²) in [5.74, 6) is -7.30. The van der Waals surface area contributed by atoms with E-state index in [1.807, 2.05) is 32.1 Å². The van der Waals surface area contributed by atoms with Crippen molar-refractivity contribution in [1.29, 1.82) is 0 Å². The number of nitrogens with two attached hydrogens (primary N) is 1. The molecule has 0 radical (unpaired) electrons. The van der Waals surface area contributed by atoms with Crippen LogP contribution in [0.5, 0.6) is 0 Å². The van der Waals surface area contributed by atoms with Crippen LogP contribution < -0.4 is 11.1 Å². The first-order chi connectivity index (χ1) is 34.9.